The minimum Gasteiger partial charge on any atom is -0.299 e. The summed E-state index contributed by atoms with van der Waals surface area (Å²) >= 11 is 0. The molecule has 0 aromatic rings. The van der Waals surface area contributed by atoms with E-state index in [0.29, 0.717) is 6.42 Å². The van der Waals surface area contributed by atoms with Crippen molar-refractivity contribution in [2.75, 3.05) is 0 Å². The molecule has 0 amide bonds. The van der Waals surface area contributed by atoms with Crippen molar-refractivity contribution in [3.63, 3.8) is 0 Å². The quantitative estimate of drug-likeness (QED) is 0.384. The Labute approximate surface area is 65.3 Å². The summed E-state index contributed by atoms with van der Waals surface area (Å²) in [6.45, 7) is 0. The van der Waals surface area contributed by atoms with Crippen LogP contribution in [0, 0.1) is 5.41 Å². The summed E-state index contributed by atoms with van der Waals surface area (Å²) in [6.07, 6.45) is 6.27. The number of allylic oxidation sites excluding steroid dienone is 2. The second-order valence-electron chi connectivity index (χ2n) is 3.48. The number of Topliss-reactive ketones (excluding diaryl/α,β-unsaturated/α-hetero) is 2. The topological polar surface area (TPSA) is 34.1 Å². The van der Waals surface area contributed by atoms with Gasteiger partial charge < -0.3 is 0 Å². The van der Waals surface area contributed by atoms with E-state index >= 15 is 0 Å². The normalized spacial score (nSPS) is 27.3. The van der Waals surface area contributed by atoms with Crippen LogP contribution in [0.15, 0.2) is 12.2 Å². The highest BCUT2D eigenvalue weighted by Crippen LogP contribution is 2.43. The number of hydrogen-bond acceptors (Lipinski definition) is 2. The fourth-order valence-electron chi connectivity index (χ4n) is 1.98. The molecule has 0 bridgehead atoms. The van der Waals surface area contributed by atoms with Crippen molar-refractivity contribution in [2.24, 2.45) is 5.41 Å². The van der Waals surface area contributed by atoms with Gasteiger partial charge in [0.15, 0.2) is 0 Å². The molecule has 0 aromatic heterocycles. The maximum atomic E-state index is 11.3. The highest BCUT2D eigenvalue weighted by Gasteiger charge is 2.45. The minimum atomic E-state index is -0.281. The standard InChI is InChI=1S/C9H10O2/c10-7-5-8(11)9(6-7)3-1-2-4-9/h1-2H,3-6H2. The van der Waals surface area contributed by atoms with E-state index in [1.807, 2.05) is 12.2 Å². The van der Waals surface area contributed by atoms with E-state index in [1.54, 1.807) is 0 Å². The smallest absolute Gasteiger partial charge is 0.147 e. The first-order chi connectivity index (χ1) is 5.23. The Hall–Kier alpha value is -0.920. The molecule has 0 unspecified atom stereocenters. The first kappa shape index (κ1) is 6.77. The van der Waals surface area contributed by atoms with E-state index in [0.717, 1.165) is 12.8 Å². The van der Waals surface area contributed by atoms with Gasteiger partial charge in [0.1, 0.15) is 11.6 Å². The van der Waals surface area contributed by atoms with E-state index in [-0.39, 0.29) is 23.4 Å². The number of hydrogen-bond donors (Lipinski definition) is 0. The van der Waals surface area contributed by atoms with E-state index in [2.05, 4.69) is 0 Å². The van der Waals surface area contributed by atoms with Crippen molar-refractivity contribution in [2.45, 2.75) is 25.7 Å². The van der Waals surface area contributed by atoms with Crippen LogP contribution in [0.2, 0.25) is 0 Å². The van der Waals surface area contributed by atoms with Gasteiger partial charge in [0.25, 0.3) is 0 Å². The van der Waals surface area contributed by atoms with Gasteiger partial charge >= 0.3 is 0 Å². The third-order valence-electron chi connectivity index (χ3n) is 2.67. The first-order valence-electron chi connectivity index (χ1n) is 3.93. The molecule has 0 saturated heterocycles. The number of rotatable bonds is 0. The average molecular weight is 150 g/mol. The van der Waals surface area contributed by atoms with Crippen molar-refractivity contribution < 1.29 is 9.59 Å². The lowest BCUT2D eigenvalue weighted by Gasteiger charge is -2.18. The second-order valence-corrected chi connectivity index (χ2v) is 3.48. The first-order valence-corrected chi connectivity index (χ1v) is 3.93. The highest BCUT2D eigenvalue weighted by molar-refractivity contribution is 6.09. The minimum absolute atomic E-state index is 0.124. The second kappa shape index (κ2) is 2.03. The van der Waals surface area contributed by atoms with Gasteiger partial charge in [-0.1, -0.05) is 12.2 Å². The molecular weight excluding hydrogens is 140 g/mol. The van der Waals surface area contributed by atoms with Gasteiger partial charge in [0.2, 0.25) is 0 Å². The van der Waals surface area contributed by atoms with Crippen LogP contribution in [0.5, 0.6) is 0 Å². The van der Waals surface area contributed by atoms with Crippen molar-refractivity contribution in [1.82, 2.24) is 0 Å². The molecule has 0 N–H and O–H groups in total. The Morgan fingerprint density at radius 2 is 1.82 bits per heavy atom. The molecular formula is C9H10O2. The molecule has 58 valence electrons. The van der Waals surface area contributed by atoms with Crippen molar-refractivity contribution >= 4 is 11.6 Å². The molecule has 0 aromatic carbocycles. The summed E-state index contributed by atoms with van der Waals surface area (Å²) in [5.74, 6) is 0.284. The lowest BCUT2D eigenvalue weighted by atomic mass is 9.83. The van der Waals surface area contributed by atoms with E-state index in [1.165, 1.54) is 0 Å². The molecule has 2 heteroatoms. The van der Waals surface area contributed by atoms with Gasteiger partial charge in [0, 0.05) is 11.8 Å². The van der Waals surface area contributed by atoms with Crippen LogP contribution in [-0.2, 0) is 9.59 Å². The van der Waals surface area contributed by atoms with Gasteiger partial charge in [-0.25, -0.2) is 0 Å². The summed E-state index contributed by atoms with van der Waals surface area (Å²) in [6, 6.07) is 0. The third kappa shape index (κ3) is 0.854. The number of carbonyl (C=O) groups excluding carboxylic acids is 2. The van der Waals surface area contributed by atoms with E-state index in [9.17, 15) is 9.59 Å². The largest absolute Gasteiger partial charge is 0.299 e. The van der Waals surface area contributed by atoms with Crippen LogP contribution in [-0.4, -0.2) is 11.6 Å². The van der Waals surface area contributed by atoms with Crippen LogP contribution in [0.25, 0.3) is 0 Å². The predicted molar refractivity (Wildman–Crippen MR) is 40.1 cm³/mol. The molecule has 1 saturated carbocycles. The summed E-state index contributed by atoms with van der Waals surface area (Å²) < 4.78 is 0. The molecule has 0 aliphatic heterocycles. The van der Waals surface area contributed by atoms with Crippen LogP contribution in [0.4, 0.5) is 0 Å². The van der Waals surface area contributed by atoms with Crippen LogP contribution in [0.1, 0.15) is 25.7 Å². The van der Waals surface area contributed by atoms with Gasteiger partial charge in [-0.2, -0.15) is 0 Å². The Morgan fingerprint density at radius 1 is 1.18 bits per heavy atom. The summed E-state index contributed by atoms with van der Waals surface area (Å²) in [7, 11) is 0. The molecule has 0 radical (unpaired) electrons. The number of carbonyl (C=O) groups is 2. The summed E-state index contributed by atoms with van der Waals surface area (Å²) in [4.78, 5) is 22.3. The molecule has 2 rings (SSSR count). The average Bonchev–Trinajstić information content (AvgIpc) is 2.45. The molecule has 2 aliphatic carbocycles. The maximum absolute atomic E-state index is 11.3. The fourth-order valence-corrected chi connectivity index (χ4v) is 1.98. The van der Waals surface area contributed by atoms with Gasteiger partial charge in [-0.3, -0.25) is 9.59 Å². The lowest BCUT2D eigenvalue weighted by molar-refractivity contribution is -0.125. The van der Waals surface area contributed by atoms with E-state index in [4.69, 9.17) is 0 Å². The van der Waals surface area contributed by atoms with Gasteiger partial charge in [-0.05, 0) is 12.8 Å². The molecule has 0 atom stereocenters. The third-order valence-corrected chi connectivity index (χ3v) is 2.67. The molecule has 2 nitrogen and oxygen atoms in total. The maximum Gasteiger partial charge on any atom is 0.147 e. The van der Waals surface area contributed by atoms with Gasteiger partial charge in [-0.15, -0.1) is 0 Å². The lowest BCUT2D eigenvalue weighted by Crippen LogP contribution is -2.21. The van der Waals surface area contributed by atoms with Crippen molar-refractivity contribution in [3.8, 4) is 0 Å². The van der Waals surface area contributed by atoms with Crippen molar-refractivity contribution in [3.05, 3.63) is 12.2 Å². The Bertz CT molecular complexity index is 242. The monoisotopic (exact) mass is 150 g/mol. The van der Waals surface area contributed by atoms with Crippen LogP contribution >= 0.6 is 0 Å². The molecule has 0 heterocycles. The Balaban J connectivity index is 2.26. The predicted octanol–water partition coefficient (Wildman–Crippen LogP) is 1.25. The summed E-state index contributed by atoms with van der Waals surface area (Å²) in [5, 5.41) is 0. The molecule has 11 heavy (non-hydrogen) atoms. The van der Waals surface area contributed by atoms with Crippen LogP contribution in [0.3, 0.4) is 0 Å². The molecule has 1 spiro atoms. The number of ketones is 2. The zero-order chi connectivity index (χ0) is 7.90. The zero-order valence-corrected chi connectivity index (χ0v) is 6.30. The molecule has 1 fully saturated rings. The Kier molecular flexibility index (Phi) is 1.25. The SMILES string of the molecule is O=C1CC(=O)C2(CC=CC2)C1. The van der Waals surface area contributed by atoms with Gasteiger partial charge in [0.05, 0.1) is 6.42 Å². The Morgan fingerprint density at radius 3 is 2.27 bits per heavy atom. The van der Waals surface area contributed by atoms with Crippen LogP contribution < -0.4 is 0 Å². The highest BCUT2D eigenvalue weighted by atomic mass is 16.2. The summed E-state index contributed by atoms with van der Waals surface area (Å²) in [5.41, 5.74) is -0.281. The zero-order valence-electron chi connectivity index (χ0n) is 6.30. The van der Waals surface area contributed by atoms with Crippen molar-refractivity contribution in [1.29, 1.82) is 0 Å². The fraction of sp³-hybridized carbons (Fsp3) is 0.556. The van der Waals surface area contributed by atoms with E-state index < -0.39 is 0 Å². The molecule has 2 aliphatic rings.